The number of H-pyrrole nitrogens is 1. The molecule has 0 unspecified atom stereocenters. The number of carboxylic acid groups (broad SMARTS) is 1. The molecule has 6 aromatic rings. The number of rotatable bonds is 18. The molecule has 1 aliphatic rings. The molecule has 0 bridgehead atoms. The van der Waals surface area contributed by atoms with Gasteiger partial charge in [0.05, 0.1) is 19.8 Å². The van der Waals surface area contributed by atoms with E-state index < -0.39 is 48.9 Å². The maximum Gasteiger partial charge on any atom is 0.414 e. The SMILES string of the molecule is O=C(O)CN(CCNC(=O)OCC1c2ccccc2-c2ccccc21)C(=O)Cn1cc2cc(COCCN=C(NC(=O)OCc3ccccc3)NC(=O)OCc3ccccc3)[nH]c2nc1=O. The molecule has 5 N–H and O–H groups in total. The molecule has 0 atom stereocenters. The number of benzene rings is 4. The van der Waals surface area contributed by atoms with Crippen molar-refractivity contribution in [2.24, 2.45) is 4.99 Å². The first-order chi connectivity index (χ1) is 32.1. The minimum atomic E-state index is -1.28. The highest BCUT2D eigenvalue weighted by Crippen LogP contribution is 2.44. The van der Waals surface area contributed by atoms with Crippen molar-refractivity contribution in [1.29, 1.82) is 0 Å². The van der Waals surface area contributed by atoms with Gasteiger partial charge in [0, 0.05) is 36.3 Å². The Hall–Kier alpha value is -8.32. The average Bonchev–Trinajstić information content (AvgIpc) is 3.87. The van der Waals surface area contributed by atoms with E-state index in [-0.39, 0.29) is 70.2 Å². The zero-order chi connectivity index (χ0) is 46.3. The predicted octanol–water partition coefficient (Wildman–Crippen LogP) is 4.90. The van der Waals surface area contributed by atoms with Crippen LogP contribution in [0.25, 0.3) is 22.2 Å². The number of fused-ring (bicyclic) bond motifs is 4. The van der Waals surface area contributed by atoms with E-state index in [1.807, 2.05) is 60.7 Å². The molecule has 0 radical (unpaired) electrons. The van der Waals surface area contributed by atoms with Crippen molar-refractivity contribution in [3.8, 4) is 11.1 Å². The monoisotopic (exact) mass is 898 g/mol. The molecule has 2 aromatic heterocycles. The van der Waals surface area contributed by atoms with Crippen LogP contribution in [-0.2, 0) is 54.9 Å². The molecule has 19 nitrogen and oxygen atoms in total. The summed E-state index contributed by atoms with van der Waals surface area (Å²) in [5, 5.41) is 17.4. The van der Waals surface area contributed by atoms with Gasteiger partial charge in [0.1, 0.15) is 38.6 Å². The second-order valence-corrected chi connectivity index (χ2v) is 14.9. The van der Waals surface area contributed by atoms with Gasteiger partial charge in [0.2, 0.25) is 11.9 Å². The zero-order valence-corrected chi connectivity index (χ0v) is 35.5. The quantitative estimate of drug-likeness (QED) is 0.0335. The minimum Gasteiger partial charge on any atom is -0.480 e. The Balaban J connectivity index is 0.888. The van der Waals surface area contributed by atoms with Crippen molar-refractivity contribution in [1.82, 2.24) is 35.4 Å². The number of nitrogens with one attached hydrogen (secondary N) is 4. The number of carbonyl (C=O) groups excluding carboxylic acids is 4. The Morgan fingerprint density at radius 1 is 0.758 bits per heavy atom. The number of amides is 4. The Morgan fingerprint density at radius 3 is 1.95 bits per heavy atom. The van der Waals surface area contributed by atoms with Gasteiger partial charge in [-0.3, -0.25) is 24.8 Å². The van der Waals surface area contributed by atoms with Crippen LogP contribution in [0.5, 0.6) is 0 Å². The third-order valence-corrected chi connectivity index (χ3v) is 10.2. The summed E-state index contributed by atoms with van der Waals surface area (Å²) in [7, 11) is 0. The lowest BCUT2D eigenvalue weighted by Crippen LogP contribution is -2.44. The van der Waals surface area contributed by atoms with Crippen molar-refractivity contribution in [3.63, 3.8) is 0 Å². The predicted molar refractivity (Wildman–Crippen MR) is 239 cm³/mol. The lowest BCUT2D eigenvalue weighted by molar-refractivity contribution is -0.144. The molecule has 19 heteroatoms. The lowest BCUT2D eigenvalue weighted by Gasteiger charge is -2.21. The number of nitrogens with zero attached hydrogens (tertiary/aromatic N) is 4. The number of aliphatic imine (C=N–C) groups is 1. The summed E-state index contributed by atoms with van der Waals surface area (Å²) in [6.07, 6.45) is -1.03. The van der Waals surface area contributed by atoms with Gasteiger partial charge in [-0.1, -0.05) is 109 Å². The number of carboxylic acids is 1. The number of guanidine groups is 1. The van der Waals surface area contributed by atoms with Crippen LogP contribution in [0.4, 0.5) is 14.4 Å². The maximum atomic E-state index is 13.3. The number of alkyl carbamates (subject to hydrolysis) is 3. The topological polar surface area (TPSA) is 245 Å². The molecule has 0 aliphatic heterocycles. The highest BCUT2D eigenvalue weighted by atomic mass is 16.6. The van der Waals surface area contributed by atoms with Gasteiger partial charge in [-0.25, -0.2) is 24.2 Å². The van der Waals surface area contributed by atoms with Crippen LogP contribution in [0.15, 0.2) is 131 Å². The van der Waals surface area contributed by atoms with E-state index >= 15 is 0 Å². The third-order valence-electron chi connectivity index (χ3n) is 10.2. The van der Waals surface area contributed by atoms with Crippen LogP contribution >= 0.6 is 0 Å². The van der Waals surface area contributed by atoms with Gasteiger partial charge in [-0.05, 0) is 39.4 Å². The van der Waals surface area contributed by atoms with Crippen molar-refractivity contribution in [2.75, 3.05) is 39.4 Å². The van der Waals surface area contributed by atoms with Crippen molar-refractivity contribution in [3.05, 3.63) is 160 Å². The fourth-order valence-corrected chi connectivity index (χ4v) is 7.15. The van der Waals surface area contributed by atoms with E-state index in [1.165, 1.54) is 6.20 Å². The summed E-state index contributed by atoms with van der Waals surface area (Å²) in [5.74, 6) is -2.34. The van der Waals surface area contributed by atoms with E-state index in [9.17, 15) is 33.9 Å². The average molecular weight is 899 g/mol. The smallest absolute Gasteiger partial charge is 0.414 e. The van der Waals surface area contributed by atoms with E-state index in [0.29, 0.717) is 11.1 Å². The number of carbonyl (C=O) groups is 5. The Bertz CT molecular complexity index is 2650. The highest BCUT2D eigenvalue weighted by molar-refractivity contribution is 6.01. The summed E-state index contributed by atoms with van der Waals surface area (Å²) in [4.78, 5) is 88.1. The molecule has 340 valence electrons. The largest absolute Gasteiger partial charge is 0.480 e. The number of aromatic amines is 1. The van der Waals surface area contributed by atoms with Gasteiger partial charge >= 0.3 is 29.9 Å². The van der Waals surface area contributed by atoms with Crippen LogP contribution in [0, 0.1) is 0 Å². The number of ether oxygens (including phenoxy) is 4. The van der Waals surface area contributed by atoms with Crippen LogP contribution < -0.4 is 21.6 Å². The van der Waals surface area contributed by atoms with Gasteiger partial charge in [0.25, 0.3) is 0 Å². The molecule has 4 amide bonds. The molecule has 1 aliphatic carbocycles. The van der Waals surface area contributed by atoms with E-state index in [1.54, 1.807) is 54.6 Å². The summed E-state index contributed by atoms with van der Waals surface area (Å²) in [6, 6.07) is 35.6. The second kappa shape index (κ2) is 22.3. The highest BCUT2D eigenvalue weighted by Gasteiger charge is 2.29. The summed E-state index contributed by atoms with van der Waals surface area (Å²) in [5.41, 5.74) is 5.78. The number of aromatic nitrogens is 3. The van der Waals surface area contributed by atoms with E-state index in [4.69, 9.17) is 18.9 Å². The maximum absolute atomic E-state index is 13.3. The Kier molecular flexibility index (Phi) is 15.5. The number of aliphatic carboxylic acids is 1. The minimum absolute atomic E-state index is 0.00732. The Labute approximate surface area is 377 Å². The first kappa shape index (κ1) is 45.7. The first-order valence-electron chi connectivity index (χ1n) is 20.8. The summed E-state index contributed by atoms with van der Waals surface area (Å²) >= 11 is 0. The fourth-order valence-electron chi connectivity index (χ4n) is 7.15. The molecule has 0 saturated heterocycles. The molecular formula is C47H46N8O11. The first-order valence-corrected chi connectivity index (χ1v) is 20.8. The van der Waals surface area contributed by atoms with Crippen molar-refractivity contribution >= 4 is 47.1 Å². The van der Waals surface area contributed by atoms with Gasteiger partial charge in [0.15, 0.2) is 0 Å². The number of hydrogen-bond acceptors (Lipinski definition) is 12. The second-order valence-electron chi connectivity index (χ2n) is 14.9. The van der Waals surface area contributed by atoms with Crippen LogP contribution in [0.2, 0.25) is 0 Å². The molecule has 4 aromatic carbocycles. The lowest BCUT2D eigenvalue weighted by atomic mass is 9.98. The molecule has 66 heavy (non-hydrogen) atoms. The molecular weight excluding hydrogens is 853 g/mol. The van der Waals surface area contributed by atoms with Crippen LogP contribution in [0.3, 0.4) is 0 Å². The molecule has 7 rings (SSSR count). The summed E-state index contributed by atoms with van der Waals surface area (Å²) < 4.78 is 22.9. The van der Waals surface area contributed by atoms with Gasteiger partial charge < -0.3 is 39.3 Å². The van der Waals surface area contributed by atoms with E-state index in [2.05, 4.69) is 30.9 Å². The fraction of sp³-hybridized carbons (Fsp3) is 0.234. The van der Waals surface area contributed by atoms with Crippen LogP contribution in [-0.4, -0.2) is 100 Å². The van der Waals surface area contributed by atoms with E-state index in [0.717, 1.165) is 42.8 Å². The van der Waals surface area contributed by atoms with Crippen LogP contribution in [0.1, 0.15) is 33.9 Å². The molecule has 0 spiro atoms. The van der Waals surface area contributed by atoms with Gasteiger partial charge in [-0.15, -0.1) is 0 Å². The number of hydrogen-bond donors (Lipinski definition) is 5. The third kappa shape index (κ3) is 12.7. The normalized spacial score (nSPS) is 11.5. The Morgan fingerprint density at radius 2 is 1.35 bits per heavy atom. The standard InChI is InChI=1S/C47H46N8O11/c56-40(54(26-41(57)58)21-19-49-45(60)66-30-39-37-17-9-7-15-35(37)36-16-8-10-18-38(36)39)25-55-24-33-23-34(50-42(33)51-44(55)59)29-63-22-20-48-43(52-46(61)64-27-31-11-3-1-4-12-31)53-47(62)65-28-32-13-5-2-6-14-32/h1-18,23-24,39H,19-22,25-30H2,(H,49,60)(H,57,58)(H,50,51,59)(H2,48,52,53,61,62). The molecule has 2 heterocycles. The molecule has 0 fully saturated rings. The van der Waals surface area contributed by atoms with Crippen molar-refractivity contribution in [2.45, 2.75) is 32.3 Å². The summed E-state index contributed by atoms with van der Waals surface area (Å²) in [6.45, 7) is -1.36. The molecule has 0 saturated carbocycles. The zero-order valence-electron chi connectivity index (χ0n) is 35.5. The van der Waals surface area contributed by atoms with Crippen molar-refractivity contribution < 1.29 is 48.0 Å². The van der Waals surface area contributed by atoms with Gasteiger partial charge in [-0.2, -0.15) is 4.98 Å².